The minimum atomic E-state index is -4.01. The summed E-state index contributed by atoms with van der Waals surface area (Å²) in [6.45, 7) is 6.53. The summed E-state index contributed by atoms with van der Waals surface area (Å²) in [4.78, 5) is 9.64. The van der Waals surface area contributed by atoms with Gasteiger partial charge in [0.15, 0.2) is 0 Å². The molecule has 0 rings (SSSR count). The highest BCUT2D eigenvalue weighted by Gasteiger charge is 2.20. The number of rotatable bonds is 26. The predicted octanol–water partition coefficient (Wildman–Crippen LogP) is 7.43. The van der Waals surface area contributed by atoms with Gasteiger partial charge in [0.05, 0.1) is 26.4 Å². The summed E-state index contributed by atoms with van der Waals surface area (Å²) < 4.78 is 32.5. The van der Waals surface area contributed by atoms with Crippen LogP contribution in [0.4, 0.5) is 0 Å². The lowest BCUT2D eigenvalue weighted by Gasteiger charge is -2.12. The smallest absolute Gasteiger partial charge is 0.379 e. The van der Waals surface area contributed by atoms with Crippen LogP contribution in [0.5, 0.6) is 0 Å². The van der Waals surface area contributed by atoms with E-state index in [-0.39, 0.29) is 13.2 Å². The first kappa shape index (κ1) is 31.0. The maximum Gasteiger partial charge on any atom is 0.472 e. The van der Waals surface area contributed by atoms with Gasteiger partial charge in [0, 0.05) is 13.2 Å². The third-order valence-corrected chi connectivity index (χ3v) is 6.27. The Morgan fingerprint density at radius 2 is 0.806 bits per heavy atom. The van der Waals surface area contributed by atoms with Crippen molar-refractivity contribution < 1.29 is 28.0 Å². The fourth-order valence-corrected chi connectivity index (χ4v) is 4.03. The van der Waals surface area contributed by atoms with E-state index in [0.717, 1.165) is 12.8 Å². The molecular formula is C24H51O6P. The predicted molar refractivity (Wildman–Crippen MR) is 129 cm³/mol. The second-order valence-electron chi connectivity index (χ2n) is 8.31. The first-order chi connectivity index (χ1) is 15.1. The van der Waals surface area contributed by atoms with Gasteiger partial charge in [0.1, 0.15) is 0 Å². The van der Waals surface area contributed by atoms with Crippen molar-refractivity contribution in [1.29, 1.82) is 0 Å². The number of hydrogen-bond acceptors (Lipinski definition) is 5. The van der Waals surface area contributed by atoms with Gasteiger partial charge in [-0.05, 0) is 12.8 Å². The zero-order chi connectivity index (χ0) is 22.9. The molecule has 0 aromatic rings. The van der Waals surface area contributed by atoms with Gasteiger partial charge < -0.3 is 14.4 Å². The number of phosphoric acid groups is 1. The lowest BCUT2D eigenvalue weighted by Crippen LogP contribution is -2.08. The third-order valence-electron chi connectivity index (χ3n) is 5.25. The van der Waals surface area contributed by atoms with Crippen molar-refractivity contribution in [2.24, 2.45) is 0 Å². The summed E-state index contributed by atoms with van der Waals surface area (Å²) in [5.74, 6) is 0. The molecule has 0 radical (unpaired) electrons. The van der Waals surface area contributed by atoms with Crippen LogP contribution in [0.1, 0.15) is 117 Å². The molecule has 0 unspecified atom stereocenters. The van der Waals surface area contributed by atoms with E-state index >= 15 is 0 Å². The largest absolute Gasteiger partial charge is 0.472 e. The molecule has 1 N–H and O–H groups in total. The summed E-state index contributed by atoms with van der Waals surface area (Å²) >= 11 is 0. The molecule has 0 amide bonds. The van der Waals surface area contributed by atoms with E-state index in [1.807, 2.05) is 0 Å². The average molecular weight is 467 g/mol. The summed E-state index contributed by atoms with van der Waals surface area (Å²) in [5, 5.41) is 0. The molecular weight excluding hydrogens is 415 g/mol. The van der Waals surface area contributed by atoms with E-state index in [1.54, 1.807) is 0 Å². The first-order valence-corrected chi connectivity index (χ1v) is 14.4. The lowest BCUT2D eigenvalue weighted by atomic mass is 10.1. The van der Waals surface area contributed by atoms with Crippen molar-refractivity contribution in [2.75, 3.05) is 39.6 Å². The fraction of sp³-hybridized carbons (Fsp3) is 1.00. The van der Waals surface area contributed by atoms with E-state index in [4.69, 9.17) is 18.5 Å². The van der Waals surface area contributed by atoms with Crippen LogP contribution in [0.3, 0.4) is 0 Å². The maximum absolute atomic E-state index is 11.8. The summed E-state index contributed by atoms with van der Waals surface area (Å²) in [5.41, 5.74) is 0. The molecule has 7 heteroatoms. The summed E-state index contributed by atoms with van der Waals surface area (Å²) in [7, 11) is -4.01. The molecule has 0 aromatic carbocycles. The molecule has 0 aliphatic heterocycles. The Balaban J connectivity index is 3.30. The van der Waals surface area contributed by atoms with Gasteiger partial charge in [0.25, 0.3) is 0 Å². The Bertz CT molecular complexity index is 362. The van der Waals surface area contributed by atoms with Crippen LogP contribution in [0.2, 0.25) is 0 Å². The number of phosphoric ester groups is 1. The Hall–Kier alpha value is 0.0300. The molecule has 31 heavy (non-hydrogen) atoms. The Morgan fingerprint density at radius 3 is 1.16 bits per heavy atom. The quantitative estimate of drug-likeness (QED) is 0.105. The molecule has 0 fully saturated rings. The van der Waals surface area contributed by atoms with Crippen LogP contribution in [-0.2, 0) is 23.1 Å². The number of hydrogen-bond donors (Lipinski definition) is 1. The van der Waals surface area contributed by atoms with Gasteiger partial charge in [-0.15, -0.1) is 0 Å². The molecule has 0 bridgehead atoms. The van der Waals surface area contributed by atoms with E-state index in [9.17, 15) is 9.46 Å². The third kappa shape index (κ3) is 26.2. The lowest BCUT2D eigenvalue weighted by molar-refractivity contribution is 0.0564. The van der Waals surface area contributed by atoms with Crippen LogP contribution in [-0.4, -0.2) is 44.5 Å². The van der Waals surface area contributed by atoms with Gasteiger partial charge in [-0.1, -0.05) is 104 Å². The zero-order valence-electron chi connectivity index (χ0n) is 20.5. The van der Waals surface area contributed by atoms with Crippen LogP contribution in [0.15, 0.2) is 0 Å². The highest BCUT2D eigenvalue weighted by molar-refractivity contribution is 7.47. The normalized spacial score (nSPS) is 12.0. The molecule has 0 aliphatic carbocycles. The molecule has 0 saturated carbocycles. The fourth-order valence-electron chi connectivity index (χ4n) is 3.34. The highest BCUT2D eigenvalue weighted by Crippen LogP contribution is 2.42. The SMILES string of the molecule is CCCCCCCCCCOCCOP(=O)(O)OCCOCCCCCCCCCC. The Kier molecular flexibility index (Phi) is 24.7. The topological polar surface area (TPSA) is 74.2 Å². The Labute approximate surface area is 192 Å². The number of unbranched alkanes of at least 4 members (excludes halogenated alkanes) is 14. The van der Waals surface area contributed by atoms with Crippen molar-refractivity contribution in [1.82, 2.24) is 0 Å². The monoisotopic (exact) mass is 466 g/mol. The van der Waals surface area contributed by atoms with E-state index in [2.05, 4.69) is 13.8 Å². The molecule has 0 atom stereocenters. The molecule has 0 spiro atoms. The van der Waals surface area contributed by atoms with Crippen molar-refractivity contribution in [3.8, 4) is 0 Å². The molecule has 6 nitrogen and oxygen atoms in total. The van der Waals surface area contributed by atoms with E-state index in [1.165, 1.54) is 89.9 Å². The van der Waals surface area contributed by atoms with Crippen molar-refractivity contribution in [2.45, 2.75) is 117 Å². The standard InChI is InChI=1S/C24H51O6P/c1-3-5-7-9-11-13-15-17-19-27-21-23-29-31(25,26)30-24-22-28-20-18-16-14-12-10-8-6-4-2/h3-24H2,1-2H3,(H,25,26). The van der Waals surface area contributed by atoms with Gasteiger partial charge in [-0.2, -0.15) is 0 Å². The maximum atomic E-state index is 11.8. The van der Waals surface area contributed by atoms with Crippen molar-refractivity contribution in [3.63, 3.8) is 0 Å². The minimum Gasteiger partial charge on any atom is -0.379 e. The van der Waals surface area contributed by atoms with Crippen molar-refractivity contribution >= 4 is 7.82 Å². The van der Waals surface area contributed by atoms with Crippen LogP contribution < -0.4 is 0 Å². The molecule has 0 heterocycles. The molecule has 0 aromatic heterocycles. The second kappa shape index (κ2) is 24.7. The summed E-state index contributed by atoms with van der Waals surface area (Å²) in [6.07, 6.45) is 20.1. The first-order valence-electron chi connectivity index (χ1n) is 12.9. The van der Waals surface area contributed by atoms with E-state index in [0.29, 0.717) is 26.4 Å². The van der Waals surface area contributed by atoms with Gasteiger partial charge in [0.2, 0.25) is 0 Å². The van der Waals surface area contributed by atoms with Gasteiger partial charge >= 0.3 is 7.82 Å². The zero-order valence-corrected chi connectivity index (χ0v) is 21.4. The molecule has 0 aliphatic rings. The van der Waals surface area contributed by atoms with Crippen LogP contribution in [0, 0.1) is 0 Å². The second-order valence-corrected chi connectivity index (χ2v) is 9.76. The van der Waals surface area contributed by atoms with Crippen LogP contribution in [0.25, 0.3) is 0 Å². The highest BCUT2D eigenvalue weighted by atomic mass is 31.2. The van der Waals surface area contributed by atoms with E-state index < -0.39 is 7.82 Å². The number of ether oxygens (including phenoxy) is 2. The van der Waals surface area contributed by atoms with Crippen molar-refractivity contribution in [3.05, 3.63) is 0 Å². The van der Waals surface area contributed by atoms with Gasteiger partial charge in [-0.3, -0.25) is 9.05 Å². The average Bonchev–Trinajstić information content (AvgIpc) is 2.75. The summed E-state index contributed by atoms with van der Waals surface area (Å²) in [6, 6.07) is 0. The van der Waals surface area contributed by atoms with Crippen LogP contribution >= 0.6 is 7.82 Å². The molecule has 0 saturated heterocycles. The van der Waals surface area contributed by atoms with Gasteiger partial charge in [-0.25, -0.2) is 4.57 Å². The Morgan fingerprint density at radius 1 is 0.484 bits per heavy atom. The minimum absolute atomic E-state index is 0.0594. The molecule has 188 valence electrons.